The molecule has 5 heteroatoms. The highest BCUT2D eigenvalue weighted by Crippen LogP contribution is 2.27. The molecule has 0 aromatic heterocycles. The number of ketones is 1. The minimum Gasteiger partial charge on any atom is -0.457 e. The van der Waals surface area contributed by atoms with Gasteiger partial charge in [0, 0.05) is 19.8 Å². The quantitative estimate of drug-likeness (QED) is 0.361. The smallest absolute Gasteiger partial charge is 0.307 e. The van der Waals surface area contributed by atoms with Gasteiger partial charge in [0.25, 0.3) is 0 Å². The van der Waals surface area contributed by atoms with Crippen molar-refractivity contribution in [2.45, 2.75) is 90.8 Å². The van der Waals surface area contributed by atoms with E-state index in [9.17, 15) is 9.59 Å². The van der Waals surface area contributed by atoms with Crippen LogP contribution in [0.25, 0.3) is 0 Å². The van der Waals surface area contributed by atoms with Gasteiger partial charge in [-0.1, -0.05) is 52.4 Å². The molecule has 24 heavy (non-hydrogen) atoms. The molecule has 0 amide bonds. The molecule has 1 aliphatic rings. The summed E-state index contributed by atoms with van der Waals surface area (Å²) in [6.07, 6.45) is 11.1. The van der Waals surface area contributed by atoms with Crippen LogP contribution in [0, 0.1) is 0 Å². The second kappa shape index (κ2) is 11.1. The van der Waals surface area contributed by atoms with Crippen molar-refractivity contribution in [1.82, 2.24) is 0 Å². The van der Waals surface area contributed by atoms with Crippen molar-refractivity contribution in [3.63, 3.8) is 0 Å². The van der Waals surface area contributed by atoms with E-state index in [0.717, 1.165) is 19.3 Å². The molecule has 0 fully saturated rings. The third-order valence-corrected chi connectivity index (χ3v) is 4.08. The van der Waals surface area contributed by atoms with Gasteiger partial charge in [0.2, 0.25) is 5.78 Å². The lowest BCUT2D eigenvalue weighted by Gasteiger charge is -2.22. The van der Waals surface area contributed by atoms with E-state index >= 15 is 0 Å². The summed E-state index contributed by atoms with van der Waals surface area (Å²) in [4.78, 5) is 23.6. The standard InChI is InChI=1S/C19H32O5/c1-4-6-7-8-9-10-11-13-18(21)22-14-16-15-23-19(3,24-16)17(20)12-5-2/h15H,4-14H2,1-3H3. The van der Waals surface area contributed by atoms with E-state index in [4.69, 9.17) is 14.2 Å². The number of carbonyl (C=O) groups is 2. The molecule has 0 aliphatic carbocycles. The van der Waals surface area contributed by atoms with E-state index in [-0.39, 0.29) is 18.4 Å². The summed E-state index contributed by atoms with van der Waals surface area (Å²) in [5.41, 5.74) is 0. The predicted octanol–water partition coefficient (Wildman–Crippen LogP) is 4.64. The normalized spacial score (nSPS) is 19.4. The molecule has 0 spiro atoms. The van der Waals surface area contributed by atoms with Gasteiger partial charge in [-0.3, -0.25) is 9.59 Å². The molecule has 0 N–H and O–H groups in total. The van der Waals surface area contributed by atoms with Gasteiger partial charge in [-0.25, -0.2) is 0 Å². The molecule has 1 heterocycles. The molecule has 1 rings (SSSR count). The van der Waals surface area contributed by atoms with E-state index < -0.39 is 5.79 Å². The maximum atomic E-state index is 11.9. The molecular weight excluding hydrogens is 308 g/mol. The van der Waals surface area contributed by atoms with Gasteiger partial charge >= 0.3 is 11.8 Å². The van der Waals surface area contributed by atoms with Gasteiger partial charge in [-0.05, 0) is 12.8 Å². The van der Waals surface area contributed by atoms with E-state index in [1.54, 1.807) is 6.92 Å². The molecule has 0 saturated heterocycles. The first-order valence-corrected chi connectivity index (χ1v) is 9.26. The molecule has 0 aromatic rings. The number of carbonyl (C=O) groups excluding carboxylic acids is 2. The van der Waals surface area contributed by atoms with Crippen molar-refractivity contribution in [2.24, 2.45) is 0 Å². The molecule has 138 valence electrons. The highest BCUT2D eigenvalue weighted by molar-refractivity contribution is 5.85. The van der Waals surface area contributed by atoms with Crippen LogP contribution < -0.4 is 0 Å². The summed E-state index contributed by atoms with van der Waals surface area (Å²) in [7, 11) is 0. The van der Waals surface area contributed by atoms with Crippen molar-refractivity contribution in [3.05, 3.63) is 12.0 Å². The first-order chi connectivity index (χ1) is 11.5. The Bertz CT molecular complexity index is 429. The fourth-order valence-electron chi connectivity index (χ4n) is 2.57. The van der Waals surface area contributed by atoms with Crippen LogP contribution in [0.2, 0.25) is 0 Å². The number of hydrogen-bond donors (Lipinski definition) is 0. The average Bonchev–Trinajstić information content (AvgIpc) is 2.95. The van der Waals surface area contributed by atoms with E-state index in [0.29, 0.717) is 18.6 Å². The third-order valence-electron chi connectivity index (χ3n) is 4.08. The lowest BCUT2D eigenvalue weighted by Crippen LogP contribution is -2.36. The molecule has 0 aromatic carbocycles. The minimum absolute atomic E-state index is 0.0182. The second-order valence-corrected chi connectivity index (χ2v) is 6.45. The van der Waals surface area contributed by atoms with Crippen molar-refractivity contribution < 1.29 is 23.8 Å². The van der Waals surface area contributed by atoms with Crippen molar-refractivity contribution in [2.75, 3.05) is 6.61 Å². The number of unbranched alkanes of at least 4 members (excludes halogenated alkanes) is 6. The van der Waals surface area contributed by atoms with Gasteiger partial charge in [0.1, 0.15) is 6.26 Å². The zero-order valence-corrected chi connectivity index (χ0v) is 15.4. The Kier molecular flexibility index (Phi) is 9.50. The Morgan fingerprint density at radius 3 is 2.33 bits per heavy atom. The molecule has 0 radical (unpaired) electrons. The highest BCUT2D eigenvalue weighted by atomic mass is 16.7. The number of rotatable bonds is 13. The summed E-state index contributed by atoms with van der Waals surface area (Å²) in [6.45, 7) is 5.74. The van der Waals surface area contributed by atoms with E-state index in [2.05, 4.69) is 6.92 Å². The second-order valence-electron chi connectivity index (χ2n) is 6.45. The maximum absolute atomic E-state index is 11.9. The van der Waals surface area contributed by atoms with Crippen LogP contribution in [0.3, 0.4) is 0 Å². The van der Waals surface area contributed by atoms with Crippen LogP contribution in [0.15, 0.2) is 12.0 Å². The molecule has 1 aliphatic heterocycles. The topological polar surface area (TPSA) is 61.8 Å². The Hall–Kier alpha value is -1.52. The number of hydrogen-bond acceptors (Lipinski definition) is 5. The zero-order chi connectivity index (χ0) is 17.8. The Morgan fingerprint density at radius 1 is 1.00 bits per heavy atom. The van der Waals surface area contributed by atoms with Gasteiger partial charge in [-0.2, -0.15) is 0 Å². The molecule has 1 atom stereocenters. The summed E-state index contributed by atoms with van der Waals surface area (Å²) in [5, 5.41) is 0. The van der Waals surface area contributed by atoms with Gasteiger partial charge in [0.05, 0.1) is 0 Å². The van der Waals surface area contributed by atoms with Crippen LogP contribution in [-0.4, -0.2) is 24.1 Å². The van der Waals surface area contributed by atoms with E-state index in [1.165, 1.54) is 38.4 Å². The summed E-state index contributed by atoms with van der Waals surface area (Å²) >= 11 is 0. The summed E-state index contributed by atoms with van der Waals surface area (Å²) < 4.78 is 16.0. The Labute approximate surface area is 145 Å². The lowest BCUT2D eigenvalue weighted by molar-refractivity contribution is -0.172. The maximum Gasteiger partial charge on any atom is 0.307 e. The van der Waals surface area contributed by atoms with Gasteiger partial charge in [-0.15, -0.1) is 0 Å². The third kappa shape index (κ3) is 7.37. The lowest BCUT2D eigenvalue weighted by atomic mass is 10.1. The fourth-order valence-corrected chi connectivity index (χ4v) is 2.57. The fraction of sp³-hybridized carbons (Fsp3) is 0.789. The van der Waals surface area contributed by atoms with Crippen molar-refractivity contribution >= 4 is 11.8 Å². The van der Waals surface area contributed by atoms with Crippen LogP contribution in [0.5, 0.6) is 0 Å². The Morgan fingerprint density at radius 2 is 1.67 bits per heavy atom. The molecule has 5 nitrogen and oxygen atoms in total. The van der Waals surface area contributed by atoms with Crippen LogP contribution in [-0.2, 0) is 23.8 Å². The highest BCUT2D eigenvalue weighted by Gasteiger charge is 2.40. The van der Waals surface area contributed by atoms with Crippen LogP contribution in [0.4, 0.5) is 0 Å². The van der Waals surface area contributed by atoms with Crippen molar-refractivity contribution in [3.8, 4) is 0 Å². The Balaban J connectivity index is 2.12. The molecular formula is C19H32O5. The molecule has 0 bridgehead atoms. The summed E-state index contributed by atoms with van der Waals surface area (Å²) in [6, 6.07) is 0. The monoisotopic (exact) mass is 340 g/mol. The first-order valence-electron chi connectivity index (χ1n) is 9.26. The van der Waals surface area contributed by atoms with Gasteiger partial charge in [0.15, 0.2) is 12.4 Å². The van der Waals surface area contributed by atoms with E-state index in [1.807, 2.05) is 6.92 Å². The molecule has 0 saturated carbocycles. The molecule has 1 unspecified atom stereocenters. The van der Waals surface area contributed by atoms with Crippen LogP contribution in [0.1, 0.15) is 85.0 Å². The largest absolute Gasteiger partial charge is 0.457 e. The van der Waals surface area contributed by atoms with Crippen molar-refractivity contribution in [1.29, 1.82) is 0 Å². The average molecular weight is 340 g/mol. The minimum atomic E-state index is -1.27. The number of ether oxygens (including phenoxy) is 3. The first kappa shape index (κ1) is 20.5. The zero-order valence-electron chi connectivity index (χ0n) is 15.4. The number of Topliss-reactive ketones (excluding diaryl/α,β-unsaturated/α-hetero) is 1. The number of esters is 1. The predicted molar refractivity (Wildman–Crippen MR) is 92.1 cm³/mol. The van der Waals surface area contributed by atoms with Crippen LogP contribution >= 0.6 is 0 Å². The SMILES string of the molecule is CCCCCCCCCC(=O)OCC1=COC(C)(C(=O)CCC)O1. The summed E-state index contributed by atoms with van der Waals surface area (Å²) in [5.74, 6) is -1.22. The van der Waals surface area contributed by atoms with Gasteiger partial charge < -0.3 is 14.2 Å².